The Morgan fingerprint density at radius 2 is 1.71 bits per heavy atom. The van der Waals surface area contributed by atoms with E-state index in [-0.39, 0.29) is 0 Å². The first-order valence-electron chi connectivity index (χ1n) is 7.49. The van der Waals surface area contributed by atoms with E-state index in [0.29, 0.717) is 5.92 Å². The van der Waals surface area contributed by atoms with Gasteiger partial charge in [-0.05, 0) is 31.1 Å². The Morgan fingerprint density at radius 1 is 1.06 bits per heavy atom. The number of hydrogen-bond acceptors (Lipinski definition) is 2. The van der Waals surface area contributed by atoms with Crippen molar-refractivity contribution in [3.05, 3.63) is 0 Å². The summed E-state index contributed by atoms with van der Waals surface area (Å²) in [5.41, 5.74) is 0. The standard InChI is InChI=1S/C15H30O2/c1-3-12(2)11-15(17)14(16)10-9-13-7-5-4-6-8-13/h12-17H,3-11H2,1-2H3/t12?,14-,15+/m1/s1. The van der Waals surface area contributed by atoms with Crippen LogP contribution in [0, 0.1) is 11.8 Å². The topological polar surface area (TPSA) is 40.5 Å². The van der Waals surface area contributed by atoms with Gasteiger partial charge < -0.3 is 10.2 Å². The first kappa shape index (κ1) is 15.0. The van der Waals surface area contributed by atoms with Crippen LogP contribution in [0.2, 0.25) is 0 Å². The summed E-state index contributed by atoms with van der Waals surface area (Å²) in [5, 5.41) is 19.8. The van der Waals surface area contributed by atoms with Gasteiger partial charge in [-0.3, -0.25) is 0 Å². The molecular weight excluding hydrogens is 212 g/mol. The molecule has 0 aromatic carbocycles. The normalized spacial score (nSPS) is 23.3. The molecule has 2 nitrogen and oxygen atoms in total. The summed E-state index contributed by atoms with van der Waals surface area (Å²) < 4.78 is 0. The Labute approximate surface area is 106 Å². The molecular formula is C15H30O2. The highest BCUT2D eigenvalue weighted by Crippen LogP contribution is 2.28. The minimum absolute atomic E-state index is 0.508. The zero-order valence-electron chi connectivity index (χ0n) is 11.6. The lowest BCUT2D eigenvalue weighted by molar-refractivity contribution is -0.00237. The van der Waals surface area contributed by atoms with Crippen LogP contribution >= 0.6 is 0 Å². The van der Waals surface area contributed by atoms with E-state index in [2.05, 4.69) is 13.8 Å². The molecule has 0 amide bonds. The minimum atomic E-state index is -0.520. The molecule has 0 aromatic heterocycles. The van der Waals surface area contributed by atoms with E-state index in [1.54, 1.807) is 0 Å². The van der Waals surface area contributed by atoms with Crippen molar-refractivity contribution in [1.29, 1.82) is 0 Å². The lowest BCUT2D eigenvalue weighted by atomic mass is 9.84. The molecule has 1 unspecified atom stereocenters. The zero-order valence-corrected chi connectivity index (χ0v) is 11.6. The molecule has 0 aromatic rings. The fraction of sp³-hybridized carbons (Fsp3) is 1.00. The Kier molecular flexibility index (Phi) is 7.14. The zero-order chi connectivity index (χ0) is 12.7. The minimum Gasteiger partial charge on any atom is -0.390 e. The van der Waals surface area contributed by atoms with Crippen molar-refractivity contribution in [2.75, 3.05) is 0 Å². The summed E-state index contributed by atoms with van der Waals surface area (Å²) >= 11 is 0. The summed E-state index contributed by atoms with van der Waals surface area (Å²) in [6.07, 6.45) is 9.42. The molecule has 0 radical (unpaired) electrons. The largest absolute Gasteiger partial charge is 0.390 e. The van der Waals surface area contributed by atoms with Crippen LogP contribution in [0.5, 0.6) is 0 Å². The van der Waals surface area contributed by atoms with E-state index >= 15 is 0 Å². The van der Waals surface area contributed by atoms with Gasteiger partial charge in [-0.2, -0.15) is 0 Å². The van der Waals surface area contributed by atoms with Crippen LogP contribution in [0.3, 0.4) is 0 Å². The van der Waals surface area contributed by atoms with E-state index in [1.807, 2.05) is 0 Å². The number of aliphatic hydroxyl groups excluding tert-OH is 2. The molecule has 0 aliphatic heterocycles. The van der Waals surface area contributed by atoms with Crippen LogP contribution in [0.4, 0.5) is 0 Å². The van der Waals surface area contributed by atoms with Gasteiger partial charge in [0.15, 0.2) is 0 Å². The van der Waals surface area contributed by atoms with E-state index in [0.717, 1.165) is 31.6 Å². The highest BCUT2D eigenvalue weighted by atomic mass is 16.3. The summed E-state index contributed by atoms with van der Waals surface area (Å²) in [6.45, 7) is 4.27. The lowest BCUT2D eigenvalue weighted by Gasteiger charge is -2.25. The van der Waals surface area contributed by atoms with Gasteiger partial charge in [-0.25, -0.2) is 0 Å². The molecule has 0 saturated heterocycles. The van der Waals surface area contributed by atoms with Crippen molar-refractivity contribution in [2.45, 2.75) is 83.8 Å². The van der Waals surface area contributed by atoms with Gasteiger partial charge >= 0.3 is 0 Å². The maximum Gasteiger partial charge on any atom is 0.0801 e. The third-order valence-corrected chi connectivity index (χ3v) is 4.38. The van der Waals surface area contributed by atoms with E-state index < -0.39 is 12.2 Å². The Hall–Kier alpha value is -0.0800. The van der Waals surface area contributed by atoms with Crippen molar-refractivity contribution >= 4 is 0 Å². The van der Waals surface area contributed by atoms with E-state index in [1.165, 1.54) is 32.1 Å². The van der Waals surface area contributed by atoms with Gasteiger partial charge in [0.1, 0.15) is 0 Å². The van der Waals surface area contributed by atoms with Crippen LogP contribution in [-0.4, -0.2) is 22.4 Å². The number of aliphatic hydroxyl groups is 2. The first-order valence-corrected chi connectivity index (χ1v) is 7.49. The summed E-state index contributed by atoms with van der Waals surface area (Å²) in [6, 6.07) is 0. The van der Waals surface area contributed by atoms with Gasteiger partial charge in [-0.1, -0.05) is 52.4 Å². The summed E-state index contributed by atoms with van der Waals surface area (Å²) in [4.78, 5) is 0. The fourth-order valence-electron chi connectivity index (χ4n) is 2.81. The molecule has 1 saturated carbocycles. The second-order valence-corrected chi connectivity index (χ2v) is 5.97. The smallest absolute Gasteiger partial charge is 0.0801 e. The molecule has 0 spiro atoms. The molecule has 17 heavy (non-hydrogen) atoms. The average Bonchev–Trinajstić information content (AvgIpc) is 2.36. The Balaban J connectivity index is 2.16. The Morgan fingerprint density at radius 3 is 2.29 bits per heavy atom. The second kappa shape index (κ2) is 8.10. The first-order chi connectivity index (χ1) is 8.13. The third kappa shape index (κ3) is 5.87. The molecule has 3 atom stereocenters. The molecule has 0 heterocycles. The summed E-state index contributed by atoms with van der Waals surface area (Å²) in [5.74, 6) is 1.31. The molecule has 1 rings (SSSR count). The van der Waals surface area contributed by atoms with Gasteiger partial charge in [0, 0.05) is 0 Å². The van der Waals surface area contributed by atoms with Crippen molar-refractivity contribution in [1.82, 2.24) is 0 Å². The predicted molar refractivity (Wildman–Crippen MR) is 71.9 cm³/mol. The van der Waals surface area contributed by atoms with Gasteiger partial charge in [0.25, 0.3) is 0 Å². The highest BCUT2D eigenvalue weighted by molar-refractivity contribution is 4.73. The quantitative estimate of drug-likeness (QED) is 0.717. The van der Waals surface area contributed by atoms with Gasteiger partial charge in [0.05, 0.1) is 12.2 Å². The third-order valence-electron chi connectivity index (χ3n) is 4.38. The number of hydrogen-bond donors (Lipinski definition) is 2. The van der Waals surface area contributed by atoms with Crippen molar-refractivity contribution in [3.8, 4) is 0 Å². The monoisotopic (exact) mass is 242 g/mol. The van der Waals surface area contributed by atoms with E-state index in [9.17, 15) is 10.2 Å². The predicted octanol–water partition coefficient (Wildman–Crippen LogP) is 3.50. The second-order valence-electron chi connectivity index (χ2n) is 5.97. The molecule has 1 aliphatic carbocycles. The van der Waals surface area contributed by atoms with E-state index in [4.69, 9.17) is 0 Å². The summed E-state index contributed by atoms with van der Waals surface area (Å²) in [7, 11) is 0. The highest BCUT2D eigenvalue weighted by Gasteiger charge is 2.21. The van der Waals surface area contributed by atoms with Crippen LogP contribution in [0.25, 0.3) is 0 Å². The molecule has 1 aliphatic rings. The molecule has 102 valence electrons. The van der Waals surface area contributed by atoms with Crippen LogP contribution < -0.4 is 0 Å². The van der Waals surface area contributed by atoms with Crippen molar-refractivity contribution < 1.29 is 10.2 Å². The van der Waals surface area contributed by atoms with Crippen LogP contribution in [-0.2, 0) is 0 Å². The molecule has 1 fully saturated rings. The van der Waals surface area contributed by atoms with Crippen molar-refractivity contribution in [2.24, 2.45) is 11.8 Å². The van der Waals surface area contributed by atoms with Gasteiger partial charge in [-0.15, -0.1) is 0 Å². The molecule has 0 bridgehead atoms. The number of rotatable bonds is 7. The average molecular weight is 242 g/mol. The molecule has 2 heteroatoms. The Bertz CT molecular complexity index is 187. The molecule has 2 N–H and O–H groups in total. The maximum atomic E-state index is 9.94. The van der Waals surface area contributed by atoms with Crippen LogP contribution in [0.1, 0.15) is 71.6 Å². The fourth-order valence-corrected chi connectivity index (χ4v) is 2.81. The van der Waals surface area contributed by atoms with Crippen molar-refractivity contribution in [3.63, 3.8) is 0 Å². The lowest BCUT2D eigenvalue weighted by Crippen LogP contribution is -2.28. The van der Waals surface area contributed by atoms with Gasteiger partial charge in [0.2, 0.25) is 0 Å². The van der Waals surface area contributed by atoms with Crippen LogP contribution in [0.15, 0.2) is 0 Å². The maximum absolute atomic E-state index is 9.94. The SMILES string of the molecule is CCC(C)C[C@H](O)[C@H](O)CCC1CCCCC1.